The first-order valence-corrected chi connectivity index (χ1v) is 14.7. The molecule has 2 N–H and O–H groups in total. The quantitative estimate of drug-likeness (QED) is 0.174. The van der Waals surface area contributed by atoms with E-state index in [1.165, 1.54) is 17.7 Å². The number of nitrogens with one attached hydrogen (secondary N) is 1. The fourth-order valence-electron chi connectivity index (χ4n) is 5.31. The van der Waals surface area contributed by atoms with E-state index in [1.54, 1.807) is 62.4 Å². The Hall–Kier alpha value is -4.73. The highest BCUT2D eigenvalue weighted by molar-refractivity contribution is 5.96. The summed E-state index contributed by atoms with van der Waals surface area (Å²) >= 11 is 0. The number of anilines is 1. The van der Waals surface area contributed by atoms with E-state index >= 15 is 0 Å². The number of carbonyl (C=O) groups is 2. The second-order valence-corrected chi connectivity index (χ2v) is 11.6. The molecule has 10 heteroatoms. The van der Waals surface area contributed by atoms with E-state index in [0.717, 1.165) is 16.7 Å². The van der Waals surface area contributed by atoms with Gasteiger partial charge in [-0.1, -0.05) is 80.6 Å². The molecule has 0 saturated heterocycles. The van der Waals surface area contributed by atoms with Gasteiger partial charge >= 0.3 is 12.1 Å². The summed E-state index contributed by atoms with van der Waals surface area (Å²) in [6.07, 6.45) is -5.17. The molecular formula is C35H36F3N3O4. The molecule has 1 amide bonds. The zero-order valence-corrected chi connectivity index (χ0v) is 25.3. The molecule has 0 spiro atoms. The molecule has 0 radical (unpaired) electrons. The summed E-state index contributed by atoms with van der Waals surface area (Å²) in [5.41, 5.74) is 4.42. The van der Waals surface area contributed by atoms with Gasteiger partial charge in [-0.15, -0.1) is 0 Å². The van der Waals surface area contributed by atoms with Crippen molar-refractivity contribution in [2.45, 2.75) is 58.7 Å². The third kappa shape index (κ3) is 9.14. The van der Waals surface area contributed by atoms with E-state index in [0.29, 0.717) is 22.5 Å². The zero-order valence-electron chi connectivity index (χ0n) is 25.3. The number of benzene rings is 3. The Bertz CT molecular complexity index is 1690. The average molecular weight is 620 g/mol. The molecule has 0 aliphatic rings. The standard InChI is InChI=1S/C35H36F3N3O4/c1-22(20-35(36,37)38)18-29(33(43)39-30-11-7-10-28(24(30)3)19-23(2)34(44)45)26-14-12-25(13-15-26)21-41-32(42)17-16-31(40-41)27-8-5-4-6-9-27/h4-17,22-23,29H,18-21H2,1-3H3,(H,39,43)(H,44,45). The van der Waals surface area contributed by atoms with E-state index in [9.17, 15) is 32.7 Å². The molecular weight excluding hydrogens is 583 g/mol. The van der Waals surface area contributed by atoms with E-state index in [1.807, 2.05) is 30.3 Å². The van der Waals surface area contributed by atoms with Gasteiger partial charge in [-0.05, 0) is 60.1 Å². The molecule has 236 valence electrons. The van der Waals surface area contributed by atoms with Crippen LogP contribution in [0.4, 0.5) is 18.9 Å². The van der Waals surface area contributed by atoms with E-state index < -0.39 is 42.2 Å². The van der Waals surface area contributed by atoms with Crippen LogP contribution in [0.15, 0.2) is 89.7 Å². The molecule has 4 rings (SSSR count). The van der Waals surface area contributed by atoms with Gasteiger partial charge in [-0.3, -0.25) is 14.4 Å². The fraction of sp³-hybridized carbons (Fsp3) is 0.314. The van der Waals surface area contributed by atoms with Gasteiger partial charge < -0.3 is 10.4 Å². The van der Waals surface area contributed by atoms with Crippen LogP contribution in [0, 0.1) is 18.8 Å². The normalized spacial score (nSPS) is 13.6. The van der Waals surface area contributed by atoms with E-state index in [4.69, 9.17) is 0 Å². The van der Waals surface area contributed by atoms with Gasteiger partial charge in [0.25, 0.3) is 5.56 Å². The van der Waals surface area contributed by atoms with Crippen LogP contribution in [0.3, 0.4) is 0 Å². The lowest BCUT2D eigenvalue weighted by Gasteiger charge is -2.23. The third-order valence-electron chi connectivity index (χ3n) is 7.84. The van der Waals surface area contributed by atoms with Crippen molar-refractivity contribution in [3.63, 3.8) is 0 Å². The molecule has 4 aromatic rings. The van der Waals surface area contributed by atoms with Crippen molar-refractivity contribution in [3.05, 3.63) is 118 Å². The summed E-state index contributed by atoms with van der Waals surface area (Å²) in [4.78, 5) is 37.6. The maximum atomic E-state index is 13.7. The van der Waals surface area contributed by atoms with Crippen LogP contribution in [0.25, 0.3) is 11.3 Å². The van der Waals surface area contributed by atoms with Gasteiger partial charge in [0, 0.05) is 23.7 Å². The first-order chi connectivity index (χ1) is 21.3. The molecule has 3 atom stereocenters. The molecule has 3 unspecified atom stereocenters. The maximum absolute atomic E-state index is 13.7. The molecule has 0 aliphatic carbocycles. The second kappa shape index (κ2) is 14.4. The Kier molecular flexibility index (Phi) is 10.6. The minimum Gasteiger partial charge on any atom is -0.481 e. The van der Waals surface area contributed by atoms with Crippen molar-refractivity contribution in [2.24, 2.45) is 11.8 Å². The van der Waals surface area contributed by atoms with Gasteiger partial charge in [0.15, 0.2) is 0 Å². The highest BCUT2D eigenvalue weighted by atomic mass is 19.4. The predicted octanol–water partition coefficient (Wildman–Crippen LogP) is 7.23. The number of halogens is 3. The molecule has 1 aromatic heterocycles. The van der Waals surface area contributed by atoms with Crippen molar-refractivity contribution in [2.75, 3.05) is 5.32 Å². The summed E-state index contributed by atoms with van der Waals surface area (Å²) in [5.74, 6) is -3.74. The van der Waals surface area contributed by atoms with Crippen LogP contribution in [0.2, 0.25) is 0 Å². The third-order valence-corrected chi connectivity index (χ3v) is 7.84. The number of nitrogens with zero attached hydrogens (tertiary/aromatic N) is 2. The first kappa shape index (κ1) is 33.2. The molecule has 0 bridgehead atoms. The number of aliphatic carboxylic acids is 1. The summed E-state index contributed by atoms with van der Waals surface area (Å²) in [6, 6.07) is 24.6. The van der Waals surface area contributed by atoms with E-state index in [-0.39, 0.29) is 24.9 Å². The number of rotatable bonds is 12. The minimum atomic E-state index is -4.37. The van der Waals surface area contributed by atoms with Gasteiger partial charge in [0.1, 0.15) is 0 Å². The van der Waals surface area contributed by atoms with Crippen molar-refractivity contribution < 1.29 is 27.9 Å². The smallest absolute Gasteiger partial charge is 0.389 e. The molecule has 3 aromatic carbocycles. The highest BCUT2D eigenvalue weighted by Crippen LogP contribution is 2.33. The van der Waals surface area contributed by atoms with Gasteiger partial charge in [-0.2, -0.15) is 18.3 Å². The monoisotopic (exact) mass is 619 g/mol. The largest absolute Gasteiger partial charge is 0.481 e. The van der Waals surface area contributed by atoms with Crippen molar-refractivity contribution in [1.82, 2.24) is 9.78 Å². The summed E-state index contributed by atoms with van der Waals surface area (Å²) in [7, 11) is 0. The number of carboxylic acids is 1. The Morgan fingerprint density at radius 2 is 1.62 bits per heavy atom. The maximum Gasteiger partial charge on any atom is 0.389 e. The number of alkyl halides is 3. The molecule has 0 saturated carbocycles. The number of aromatic nitrogens is 2. The Labute approximate surface area is 259 Å². The number of hydrogen-bond acceptors (Lipinski definition) is 4. The first-order valence-electron chi connectivity index (χ1n) is 14.7. The lowest BCUT2D eigenvalue weighted by atomic mass is 9.86. The molecule has 7 nitrogen and oxygen atoms in total. The van der Waals surface area contributed by atoms with Crippen LogP contribution in [-0.2, 0) is 22.6 Å². The van der Waals surface area contributed by atoms with Crippen LogP contribution in [0.1, 0.15) is 54.9 Å². The van der Waals surface area contributed by atoms with Gasteiger partial charge in [0.05, 0.1) is 24.1 Å². The van der Waals surface area contributed by atoms with Crippen LogP contribution in [0.5, 0.6) is 0 Å². The fourth-order valence-corrected chi connectivity index (χ4v) is 5.31. The number of hydrogen-bond donors (Lipinski definition) is 2. The SMILES string of the molecule is Cc1c(CC(C)C(=O)O)cccc1NC(=O)C(CC(C)CC(F)(F)F)c1ccc(Cn2nc(-c3ccccc3)ccc2=O)cc1. The van der Waals surface area contributed by atoms with Crippen molar-refractivity contribution in [1.29, 1.82) is 0 Å². The Morgan fingerprint density at radius 1 is 0.933 bits per heavy atom. The van der Waals surface area contributed by atoms with Crippen LogP contribution >= 0.6 is 0 Å². The highest BCUT2D eigenvalue weighted by Gasteiger charge is 2.33. The minimum absolute atomic E-state index is 0.0421. The number of carbonyl (C=O) groups excluding carboxylic acids is 1. The summed E-state index contributed by atoms with van der Waals surface area (Å²) in [5, 5.41) is 16.7. The predicted molar refractivity (Wildman–Crippen MR) is 167 cm³/mol. The second-order valence-electron chi connectivity index (χ2n) is 11.6. The van der Waals surface area contributed by atoms with Crippen molar-refractivity contribution in [3.8, 4) is 11.3 Å². The molecule has 0 aliphatic heterocycles. The van der Waals surface area contributed by atoms with Crippen LogP contribution < -0.4 is 10.9 Å². The average Bonchev–Trinajstić information content (AvgIpc) is 2.99. The molecule has 1 heterocycles. The Morgan fingerprint density at radius 3 is 2.27 bits per heavy atom. The van der Waals surface area contributed by atoms with Gasteiger partial charge in [-0.25, -0.2) is 4.68 Å². The Balaban J connectivity index is 1.58. The van der Waals surface area contributed by atoms with Gasteiger partial charge in [0.2, 0.25) is 5.91 Å². The molecule has 0 fully saturated rings. The van der Waals surface area contributed by atoms with E-state index in [2.05, 4.69) is 10.4 Å². The topological polar surface area (TPSA) is 101 Å². The zero-order chi connectivity index (χ0) is 32.7. The lowest BCUT2D eigenvalue weighted by molar-refractivity contribution is -0.144. The number of carboxylic acid groups (broad SMARTS) is 1. The number of amides is 1. The lowest BCUT2D eigenvalue weighted by Crippen LogP contribution is -2.25. The summed E-state index contributed by atoms with van der Waals surface area (Å²) < 4.78 is 41.0. The van der Waals surface area contributed by atoms with Crippen molar-refractivity contribution >= 4 is 17.6 Å². The summed E-state index contributed by atoms with van der Waals surface area (Å²) in [6.45, 7) is 5.01. The molecule has 45 heavy (non-hydrogen) atoms. The van der Waals surface area contributed by atoms with Crippen LogP contribution in [-0.4, -0.2) is 32.9 Å².